The first-order valence-corrected chi connectivity index (χ1v) is 5.99. The molecule has 0 spiro atoms. The highest BCUT2D eigenvalue weighted by atomic mass is 19.1. The van der Waals surface area contributed by atoms with Crippen LogP contribution in [0.1, 0.15) is 13.3 Å². The number of carbonyl (C=O) groups is 1. The Hall–Kier alpha value is -1.46. The van der Waals surface area contributed by atoms with Crippen molar-refractivity contribution in [2.45, 2.75) is 13.3 Å². The van der Waals surface area contributed by atoms with Gasteiger partial charge in [0, 0.05) is 6.61 Å². The molecule has 0 aliphatic carbocycles. The molecule has 1 aromatic carbocycles. The summed E-state index contributed by atoms with van der Waals surface area (Å²) < 4.78 is 13.2. The average molecular weight is 254 g/mol. The number of hydrogen-bond acceptors (Lipinski definition) is 3. The first-order valence-electron chi connectivity index (χ1n) is 5.99. The third-order valence-corrected chi connectivity index (χ3v) is 2.55. The molecule has 1 amide bonds. The number of rotatable bonds is 7. The van der Waals surface area contributed by atoms with Crippen molar-refractivity contribution in [3.05, 3.63) is 30.1 Å². The van der Waals surface area contributed by atoms with Crippen molar-refractivity contribution in [1.82, 2.24) is 5.32 Å². The monoisotopic (exact) mass is 254 g/mol. The van der Waals surface area contributed by atoms with E-state index in [0.717, 1.165) is 0 Å². The molecule has 1 rings (SSSR count). The third kappa shape index (κ3) is 5.25. The highest BCUT2D eigenvalue weighted by molar-refractivity contribution is 5.92. The minimum absolute atomic E-state index is 0.129. The Morgan fingerprint density at radius 1 is 1.44 bits per heavy atom. The molecular weight excluding hydrogens is 235 g/mol. The van der Waals surface area contributed by atoms with E-state index in [1.165, 1.54) is 12.1 Å². The molecule has 1 aromatic rings. The van der Waals surface area contributed by atoms with Crippen LogP contribution in [0.5, 0.6) is 0 Å². The molecule has 0 saturated heterocycles. The summed E-state index contributed by atoms with van der Waals surface area (Å²) in [7, 11) is 0. The van der Waals surface area contributed by atoms with Gasteiger partial charge < -0.3 is 15.7 Å². The third-order valence-electron chi connectivity index (χ3n) is 2.55. The number of hydrogen-bond donors (Lipinski definition) is 3. The average Bonchev–Trinajstić information content (AvgIpc) is 2.32. The van der Waals surface area contributed by atoms with Crippen LogP contribution in [-0.2, 0) is 4.79 Å². The molecule has 3 N–H and O–H groups in total. The second-order valence-corrected chi connectivity index (χ2v) is 4.28. The summed E-state index contributed by atoms with van der Waals surface area (Å²) in [5.74, 6) is -0.424. The number of halogens is 1. The number of aliphatic hydroxyl groups excluding tert-OH is 1. The van der Waals surface area contributed by atoms with Crippen LogP contribution in [0.15, 0.2) is 24.3 Å². The molecule has 0 aliphatic heterocycles. The predicted molar refractivity (Wildman–Crippen MR) is 68.8 cm³/mol. The summed E-state index contributed by atoms with van der Waals surface area (Å²) in [5.41, 5.74) is 0.188. The van der Waals surface area contributed by atoms with E-state index < -0.39 is 5.82 Å². The van der Waals surface area contributed by atoms with E-state index >= 15 is 0 Å². The van der Waals surface area contributed by atoms with Gasteiger partial charge in [-0.15, -0.1) is 0 Å². The lowest BCUT2D eigenvalue weighted by Crippen LogP contribution is -2.31. The first-order chi connectivity index (χ1) is 8.63. The number of aliphatic hydroxyl groups is 1. The molecule has 1 unspecified atom stereocenters. The number of anilines is 1. The quantitative estimate of drug-likeness (QED) is 0.688. The Morgan fingerprint density at radius 3 is 2.83 bits per heavy atom. The molecule has 0 saturated carbocycles. The fourth-order valence-corrected chi connectivity index (χ4v) is 1.51. The summed E-state index contributed by atoms with van der Waals surface area (Å²) in [5, 5.41) is 14.2. The van der Waals surface area contributed by atoms with E-state index in [9.17, 15) is 9.18 Å². The van der Waals surface area contributed by atoms with Gasteiger partial charge in [-0.2, -0.15) is 0 Å². The standard InChI is InChI=1S/C13H19FN2O2/c1-10(6-7-17)8-15-9-13(18)16-12-5-3-2-4-11(12)14/h2-5,10,15,17H,6-9H2,1H3,(H,16,18). The second-order valence-electron chi connectivity index (χ2n) is 4.28. The van der Waals surface area contributed by atoms with Crippen LogP contribution < -0.4 is 10.6 Å². The van der Waals surface area contributed by atoms with Gasteiger partial charge in [-0.1, -0.05) is 19.1 Å². The van der Waals surface area contributed by atoms with Crippen molar-refractivity contribution in [2.75, 3.05) is 25.0 Å². The van der Waals surface area contributed by atoms with Gasteiger partial charge in [0.1, 0.15) is 5.82 Å². The molecule has 0 bridgehead atoms. The number of nitrogens with one attached hydrogen (secondary N) is 2. The second kappa shape index (κ2) is 7.79. The van der Waals surface area contributed by atoms with E-state index in [-0.39, 0.29) is 24.7 Å². The molecule has 1 atom stereocenters. The molecule has 100 valence electrons. The van der Waals surface area contributed by atoms with Gasteiger partial charge in [0.15, 0.2) is 0 Å². The SMILES string of the molecule is CC(CCO)CNCC(=O)Nc1ccccc1F. The number of benzene rings is 1. The molecule has 0 aliphatic rings. The zero-order valence-corrected chi connectivity index (χ0v) is 10.4. The number of amides is 1. The van der Waals surface area contributed by atoms with Crippen LogP contribution in [0.3, 0.4) is 0 Å². The highest BCUT2D eigenvalue weighted by Crippen LogP contribution is 2.11. The summed E-state index contributed by atoms with van der Waals surface area (Å²) >= 11 is 0. The molecule has 18 heavy (non-hydrogen) atoms. The molecule has 0 heterocycles. The lowest BCUT2D eigenvalue weighted by molar-refractivity contribution is -0.115. The Labute approximate surface area is 106 Å². The maximum absolute atomic E-state index is 13.2. The lowest BCUT2D eigenvalue weighted by atomic mass is 10.1. The van der Waals surface area contributed by atoms with Crippen molar-refractivity contribution in [3.8, 4) is 0 Å². The van der Waals surface area contributed by atoms with Crippen LogP contribution in [-0.4, -0.2) is 30.7 Å². The zero-order valence-electron chi connectivity index (χ0n) is 10.4. The van der Waals surface area contributed by atoms with Gasteiger partial charge in [0.05, 0.1) is 12.2 Å². The molecule has 4 nitrogen and oxygen atoms in total. The fraction of sp³-hybridized carbons (Fsp3) is 0.462. The van der Waals surface area contributed by atoms with Crippen LogP contribution in [0.4, 0.5) is 10.1 Å². The number of para-hydroxylation sites is 1. The summed E-state index contributed by atoms with van der Waals surface area (Å²) in [6, 6.07) is 6.04. The van der Waals surface area contributed by atoms with Crippen molar-refractivity contribution < 1.29 is 14.3 Å². The van der Waals surface area contributed by atoms with Crippen LogP contribution in [0, 0.1) is 11.7 Å². The van der Waals surface area contributed by atoms with Gasteiger partial charge in [0.25, 0.3) is 0 Å². The first kappa shape index (κ1) is 14.6. The highest BCUT2D eigenvalue weighted by Gasteiger charge is 2.06. The summed E-state index contributed by atoms with van der Waals surface area (Å²) in [4.78, 5) is 11.5. The van der Waals surface area contributed by atoms with Gasteiger partial charge in [-0.3, -0.25) is 4.79 Å². The minimum Gasteiger partial charge on any atom is -0.396 e. The Bertz CT molecular complexity index is 385. The largest absolute Gasteiger partial charge is 0.396 e. The molecule has 0 aromatic heterocycles. The van der Waals surface area contributed by atoms with Gasteiger partial charge in [0.2, 0.25) is 5.91 Å². The van der Waals surface area contributed by atoms with Gasteiger partial charge >= 0.3 is 0 Å². The van der Waals surface area contributed by atoms with Gasteiger partial charge in [-0.25, -0.2) is 4.39 Å². The fourth-order valence-electron chi connectivity index (χ4n) is 1.51. The topological polar surface area (TPSA) is 61.4 Å². The Kier molecular flexibility index (Phi) is 6.32. The van der Waals surface area contributed by atoms with Crippen LogP contribution in [0.2, 0.25) is 0 Å². The summed E-state index contributed by atoms with van der Waals surface area (Å²) in [6.45, 7) is 2.90. The zero-order chi connectivity index (χ0) is 13.4. The lowest BCUT2D eigenvalue weighted by Gasteiger charge is -2.11. The van der Waals surface area contributed by atoms with Crippen molar-refractivity contribution in [1.29, 1.82) is 0 Å². The van der Waals surface area contributed by atoms with Crippen LogP contribution in [0.25, 0.3) is 0 Å². The van der Waals surface area contributed by atoms with E-state index in [1.807, 2.05) is 6.92 Å². The van der Waals surface area contributed by atoms with Crippen molar-refractivity contribution >= 4 is 11.6 Å². The Morgan fingerprint density at radius 2 is 2.17 bits per heavy atom. The maximum atomic E-state index is 13.2. The molecule has 5 heteroatoms. The van der Waals surface area contributed by atoms with Crippen LogP contribution >= 0.6 is 0 Å². The maximum Gasteiger partial charge on any atom is 0.238 e. The number of carbonyl (C=O) groups excluding carboxylic acids is 1. The van der Waals surface area contributed by atoms with E-state index in [2.05, 4.69) is 10.6 Å². The molecule has 0 fully saturated rings. The smallest absolute Gasteiger partial charge is 0.238 e. The molecular formula is C13H19FN2O2. The molecule has 0 radical (unpaired) electrons. The van der Waals surface area contributed by atoms with Crippen molar-refractivity contribution in [2.24, 2.45) is 5.92 Å². The minimum atomic E-state index is -0.445. The van der Waals surface area contributed by atoms with Gasteiger partial charge in [-0.05, 0) is 31.0 Å². The predicted octanol–water partition coefficient (Wildman–Crippen LogP) is 1.37. The normalized spacial score (nSPS) is 12.2. The summed E-state index contributed by atoms with van der Waals surface area (Å²) in [6.07, 6.45) is 0.696. The van der Waals surface area contributed by atoms with E-state index in [0.29, 0.717) is 18.9 Å². The Balaban J connectivity index is 2.28. The van der Waals surface area contributed by atoms with E-state index in [1.54, 1.807) is 12.1 Å². The van der Waals surface area contributed by atoms with Crippen molar-refractivity contribution in [3.63, 3.8) is 0 Å². The van der Waals surface area contributed by atoms with E-state index in [4.69, 9.17) is 5.11 Å².